The lowest BCUT2D eigenvalue weighted by Gasteiger charge is -2.13. The summed E-state index contributed by atoms with van der Waals surface area (Å²) in [5, 5.41) is 15.1. The normalized spacial score (nSPS) is 11.6. The third-order valence-electron chi connectivity index (χ3n) is 3.73. The fourth-order valence-corrected chi connectivity index (χ4v) is 3.96. The molecular formula is C19H20N4O2S2. The highest BCUT2D eigenvalue weighted by Crippen LogP contribution is 2.28. The fraction of sp³-hybridized carbons (Fsp3) is 0.211. The van der Waals surface area contributed by atoms with Crippen molar-refractivity contribution >= 4 is 39.8 Å². The highest BCUT2D eigenvalue weighted by atomic mass is 32.2. The molecule has 3 aromatic rings. The molecule has 2 aromatic carbocycles. The smallest absolute Gasteiger partial charge is 0.230 e. The van der Waals surface area contributed by atoms with E-state index < -0.39 is 0 Å². The largest absolute Gasteiger partial charge is 0.497 e. The Bertz CT molecular complexity index is 886. The molecule has 1 heterocycles. The number of amides is 1. The first-order chi connectivity index (χ1) is 13.1. The van der Waals surface area contributed by atoms with E-state index in [-0.39, 0.29) is 11.9 Å². The van der Waals surface area contributed by atoms with Crippen molar-refractivity contribution in [2.24, 2.45) is 0 Å². The van der Waals surface area contributed by atoms with Crippen molar-refractivity contribution in [3.05, 3.63) is 60.2 Å². The molecule has 0 bridgehead atoms. The Labute approximate surface area is 166 Å². The van der Waals surface area contributed by atoms with Gasteiger partial charge >= 0.3 is 0 Å². The van der Waals surface area contributed by atoms with Crippen LogP contribution < -0.4 is 15.4 Å². The standard InChI is InChI=1S/C19H20N4O2S2/c1-13(14-7-4-3-5-8-14)20-17(24)12-26-19-23-22-18(27-19)21-15-9-6-10-16(11-15)25-2/h3-11,13H,12H2,1-2H3,(H,20,24)(H,21,22)/t13-/m0/s1. The molecule has 0 aliphatic carbocycles. The Balaban J connectivity index is 1.49. The van der Waals surface area contributed by atoms with Gasteiger partial charge in [0.2, 0.25) is 11.0 Å². The van der Waals surface area contributed by atoms with E-state index >= 15 is 0 Å². The number of rotatable bonds is 8. The second kappa shape index (κ2) is 9.38. The van der Waals surface area contributed by atoms with Gasteiger partial charge in [-0.15, -0.1) is 10.2 Å². The number of ether oxygens (including phenoxy) is 1. The van der Waals surface area contributed by atoms with Gasteiger partial charge in [-0.25, -0.2) is 0 Å². The molecule has 0 spiro atoms. The number of carbonyl (C=O) groups excluding carboxylic acids is 1. The lowest BCUT2D eigenvalue weighted by molar-refractivity contribution is -0.119. The van der Waals surface area contributed by atoms with E-state index in [1.54, 1.807) is 7.11 Å². The van der Waals surface area contributed by atoms with Gasteiger partial charge in [0.1, 0.15) is 5.75 Å². The SMILES string of the molecule is COc1cccc(Nc2nnc(SCC(=O)N[C@@H](C)c3ccccc3)s2)c1. The summed E-state index contributed by atoms with van der Waals surface area (Å²) in [6.07, 6.45) is 0. The average molecular weight is 401 g/mol. The summed E-state index contributed by atoms with van der Waals surface area (Å²) in [4.78, 5) is 12.2. The van der Waals surface area contributed by atoms with Gasteiger partial charge in [-0.3, -0.25) is 4.79 Å². The van der Waals surface area contributed by atoms with Crippen LogP contribution >= 0.6 is 23.1 Å². The predicted molar refractivity (Wildman–Crippen MR) is 110 cm³/mol. The molecule has 8 heteroatoms. The van der Waals surface area contributed by atoms with E-state index in [2.05, 4.69) is 20.8 Å². The number of nitrogens with one attached hydrogen (secondary N) is 2. The van der Waals surface area contributed by atoms with Gasteiger partial charge in [0.05, 0.1) is 18.9 Å². The van der Waals surface area contributed by atoms with Gasteiger partial charge in [0.25, 0.3) is 0 Å². The van der Waals surface area contributed by atoms with Gasteiger partial charge in [0.15, 0.2) is 4.34 Å². The number of nitrogens with zero attached hydrogens (tertiary/aromatic N) is 2. The fourth-order valence-electron chi connectivity index (χ4n) is 2.38. The number of hydrogen-bond donors (Lipinski definition) is 2. The zero-order chi connectivity index (χ0) is 19.1. The summed E-state index contributed by atoms with van der Waals surface area (Å²) >= 11 is 2.78. The highest BCUT2D eigenvalue weighted by molar-refractivity contribution is 8.01. The maximum absolute atomic E-state index is 12.2. The minimum Gasteiger partial charge on any atom is -0.497 e. The Kier molecular flexibility index (Phi) is 6.67. The number of thioether (sulfide) groups is 1. The molecular weight excluding hydrogens is 380 g/mol. The van der Waals surface area contributed by atoms with Crippen LogP contribution in [0.15, 0.2) is 58.9 Å². The van der Waals surface area contributed by atoms with Gasteiger partial charge < -0.3 is 15.4 Å². The minimum absolute atomic E-state index is 0.0287. The second-order valence-electron chi connectivity index (χ2n) is 5.72. The Morgan fingerprint density at radius 2 is 2.00 bits per heavy atom. The zero-order valence-corrected chi connectivity index (χ0v) is 16.6. The molecule has 0 unspecified atom stereocenters. The summed E-state index contributed by atoms with van der Waals surface area (Å²) < 4.78 is 5.94. The van der Waals surface area contributed by atoms with Gasteiger partial charge in [-0.1, -0.05) is 59.5 Å². The number of hydrogen-bond acceptors (Lipinski definition) is 7. The van der Waals surface area contributed by atoms with Crippen molar-refractivity contribution in [2.75, 3.05) is 18.2 Å². The monoisotopic (exact) mass is 400 g/mol. The molecule has 3 rings (SSSR count). The van der Waals surface area contributed by atoms with E-state index in [1.165, 1.54) is 23.1 Å². The zero-order valence-electron chi connectivity index (χ0n) is 15.0. The number of benzene rings is 2. The Hall–Kier alpha value is -2.58. The summed E-state index contributed by atoms with van der Waals surface area (Å²) in [7, 11) is 1.63. The molecule has 1 atom stereocenters. The quantitative estimate of drug-likeness (QED) is 0.550. The molecule has 0 fully saturated rings. The van der Waals surface area contributed by atoms with E-state index in [0.717, 1.165) is 21.3 Å². The van der Waals surface area contributed by atoms with Crippen LogP contribution in [0.25, 0.3) is 0 Å². The lowest BCUT2D eigenvalue weighted by Crippen LogP contribution is -2.28. The van der Waals surface area contributed by atoms with Crippen LogP contribution in [0.4, 0.5) is 10.8 Å². The van der Waals surface area contributed by atoms with Crippen molar-refractivity contribution in [1.29, 1.82) is 0 Å². The number of methoxy groups -OCH3 is 1. The molecule has 2 N–H and O–H groups in total. The van der Waals surface area contributed by atoms with Crippen molar-refractivity contribution in [3.63, 3.8) is 0 Å². The van der Waals surface area contributed by atoms with E-state index in [4.69, 9.17) is 4.74 Å². The van der Waals surface area contributed by atoms with Crippen molar-refractivity contribution < 1.29 is 9.53 Å². The predicted octanol–water partition coefficient (Wildman–Crippen LogP) is 4.26. The highest BCUT2D eigenvalue weighted by Gasteiger charge is 2.12. The van der Waals surface area contributed by atoms with Crippen molar-refractivity contribution in [2.45, 2.75) is 17.3 Å². The number of anilines is 2. The van der Waals surface area contributed by atoms with Crippen LogP contribution in [0.1, 0.15) is 18.5 Å². The third-order valence-corrected chi connectivity index (χ3v) is 5.70. The van der Waals surface area contributed by atoms with Gasteiger partial charge in [-0.05, 0) is 24.6 Å². The van der Waals surface area contributed by atoms with Crippen LogP contribution in [-0.4, -0.2) is 29.0 Å². The molecule has 0 aliphatic heterocycles. The molecule has 27 heavy (non-hydrogen) atoms. The van der Waals surface area contributed by atoms with Gasteiger partial charge in [-0.2, -0.15) is 0 Å². The molecule has 0 aliphatic rings. The minimum atomic E-state index is -0.0335. The van der Waals surface area contributed by atoms with E-state index in [1.807, 2.05) is 61.5 Å². The summed E-state index contributed by atoms with van der Waals surface area (Å²) in [5.41, 5.74) is 1.95. The van der Waals surface area contributed by atoms with Crippen LogP contribution in [0.2, 0.25) is 0 Å². The molecule has 0 saturated carbocycles. The van der Waals surface area contributed by atoms with E-state index in [9.17, 15) is 4.79 Å². The van der Waals surface area contributed by atoms with Crippen LogP contribution in [-0.2, 0) is 4.79 Å². The Morgan fingerprint density at radius 3 is 2.78 bits per heavy atom. The van der Waals surface area contributed by atoms with E-state index in [0.29, 0.717) is 10.9 Å². The van der Waals surface area contributed by atoms with Crippen LogP contribution in [0.3, 0.4) is 0 Å². The summed E-state index contributed by atoms with van der Waals surface area (Å²) in [6, 6.07) is 17.4. The number of carbonyl (C=O) groups is 1. The summed E-state index contributed by atoms with van der Waals surface area (Å²) in [5.74, 6) is 1.03. The molecule has 0 radical (unpaired) electrons. The number of aromatic nitrogens is 2. The average Bonchev–Trinajstić information content (AvgIpc) is 3.14. The maximum atomic E-state index is 12.2. The second-order valence-corrected chi connectivity index (χ2v) is 7.92. The summed E-state index contributed by atoms with van der Waals surface area (Å²) in [6.45, 7) is 1.97. The first-order valence-corrected chi connectivity index (χ1v) is 10.2. The van der Waals surface area contributed by atoms with Crippen LogP contribution in [0.5, 0.6) is 5.75 Å². The van der Waals surface area contributed by atoms with Gasteiger partial charge in [0, 0.05) is 11.8 Å². The third kappa shape index (κ3) is 5.70. The molecule has 1 aromatic heterocycles. The first-order valence-electron chi connectivity index (χ1n) is 8.36. The maximum Gasteiger partial charge on any atom is 0.230 e. The molecule has 1 amide bonds. The van der Waals surface area contributed by atoms with Crippen molar-refractivity contribution in [3.8, 4) is 5.75 Å². The van der Waals surface area contributed by atoms with Crippen LogP contribution in [0, 0.1) is 0 Å². The molecule has 140 valence electrons. The Morgan fingerprint density at radius 1 is 1.19 bits per heavy atom. The first kappa shape index (κ1) is 19.2. The molecule has 0 saturated heterocycles. The topological polar surface area (TPSA) is 76.1 Å². The van der Waals surface area contributed by atoms with Crippen molar-refractivity contribution in [1.82, 2.24) is 15.5 Å². The lowest BCUT2D eigenvalue weighted by atomic mass is 10.1. The molecule has 6 nitrogen and oxygen atoms in total.